The fourth-order valence-corrected chi connectivity index (χ4v) is 4.01. The third kappa shape index (κ3) is 3.83. The second kappa shape index (κ2) is 7.70. The second-order valence-electron chi connectivity index (χ2n) is 7.30. The lowest BCUT2D eigenvalue weighted by Crippen LogP contribution is -2.54. The van der Waals surface area contributed by atoms with Gasteiger partial charge in [-0.25, -0.2) is 4.39 Å². The maximum absolute atomic E-state index is 14.3. The van der Waals surface area contributed by atoms with E-state index in [1.165, 1.54) is 26.2 Å². The molecule has 0 bridgehead atoms. The zero-order valence-electron chi connectivity index (χ0n) is 15.3. The number of hydrogen-bond donors (Lipinski definition) is 1. The predicted molar refractivity (Wildman–Crippen MR) is 99.5 cm³/mol. The Bertz CT molecular complexity index is 532. The first-order chi connectivity index (χ1) is 11.6. The van der Waals surface area contributed by atoms with Gasteiger partial charge in [0.25, 0.3) is 0 Å². The first-order valence-electron chi connectivity index (χ1n) is 9.29. The predicted octanol–water partition coefficient (Wildman–Crippen LogP) is 2.86. The van der Waals surface area contributed by atoms with Gasteiger partial charge in [-0.3, -0.25) is 9.80 Å². The summed E-state index contributed by atoms with van der Waals surface area (Å²) in [6.07, 6.45) is 2.27. The van der Waals surface area contributed by atoms with E-state index in [4.69, 9.17) is 0 Å². The summed E-state index contributed by atoms with van der Waals surface area (Å²) >= 11 is 0. The van der Waals surface area contributed by atoms with E-state index in [0.29, 0.717) is 12.1 Å². The second-order valence-corrected chi connectivity index (χ2v) is 7.30. The Morgan fingerprint density at radius 2 is 1.71 bits per heavy atom. The highest BCUT2D eigenvalue weighted by Crippen LogP contribution is 2.27. The van der Waals surface area contributed by atoms with Gasteiger partial charge in [-0.15, -0.1) is 0 Å². The molecule has 1 N–H and O–H groups in total. The van der Waals surface area contributed by atoms with Crippen LogP contribution >= 0.6 is 0 Å². The zero-order valence-corrected chi connectivity index (χ0v) is 15.3. The Labute approximate surface area is 145 Å². The smallest absolute Gasteiger partial charge is 0.148 e. The van der Waals surface area contributed by atoms with E-state index < -0.39 is 0 Å². The molecule has 2 aliphatic rings. The van der Waals surface area contributed by atoms with Crippen molar-refractivity contribution in [3.63, 3.8) is 0 Å². The maximum atomic E-state index is 14.3. The molecule has 0 unspecified atom stereocenters. The first kappa shape index (κ1) is 17.5. The van der Waals surface area contributed by atoms with Crippen LogP contribution in [0.25, 0.3) is 0 Å². The summed E-state index contributed by atoms with van der Waals surface area (Å²) in [5, 5.41) is 2.99. The van der Waals surface area contributed by atoms with E-state index in [-0.39, 0.29) is 5.82 Å². The van der Waals surface area contributed by atoms with E-state index in [9.17, 15) is 4.39 Å². The highest BCUT2D eigenvalue weighted by molar-refractivity contribution is 5.56. The summed E-state index contributed by atoms with van der Waals surface area (Å²) in [4.78, 5) is 7.41. The zero-order chi connectivity index (χ0) is 17.1. The van der Waals surface area contributed by atoms with Crippen molar-refractivity contribution in [1.82, 2.24) is 9.80 Å². The minimum Gasteiger partial charge on any atom is -0.388 e. The molecule has 0 radical (unpaired) electrons. The fraction of sp³-hybridized carbons (Fsp3) is 0.684. The lowest BCUT2D eigenvalue weighted by atomic mass is 10.0. The van der Waals surface area contributed by atoms with Crippen molar-refractivity contribution in [3.8, 4) is 0 Å². The number of piperidine rings is 1. The third-order valence-electron chi connectivity index (χ3n) is 5.64. The van der Waals surface area contributed by atoms with Crippen molar-refractivity contribution in [2.24, 2.45) is 0 Å². The molecule has 1 aromatic rings. The molecule has 134 valence electrons. The molecule has 24 heavy (non-hydrogen) atoms. The molecule has 2 fully saturated rings. The number of benzene rings is 1. The molecule has 0 amide bonds. The molecule has 2 heterocycles. The van der Waals surface area contributed by atoms with Gasteiger partial charge in [0.1, 0.15) is 5.82 Å². The molecule has 0 aromatic heterocycles. The molecule has 4 nitrogen and oxygen atoms in total. The molecule has 5 heteroatoms. The summed E-state index contributed by atoms with van der Waals surface area (Å²) in [7, 11) is 1.82. The average molecular weight is 334 g/mol. The van der Waals surface area contributed by atoms with Crippen LogP contribution in [-0.2, 0) is 0 Å². The Kier molecular flexibility index (Phi) is 5.61. The molecular formula is C19H31FN4. The van der Waals surface area contributed by atoms with Crippen molar-refractivity contribution in [2.75, 3.05) is 56.5 Å². The van der Waals surface area contributed by atoms with Crippen LogP contribution in [0.3, 0.4) is 0 Å². The minimum atomic E-state index is -0.120. The monoisotopic (exact) mass is 334 g/mol. The largest absolute Gasteiger partial charge is 0.388 e. The van der Waals surface area contributed by atoms with Gasteiger partial charge in [0.2, 0.25) is 0 Å². The van der Waals surface area contributed by atoms with Gasteiger partial charge in [-0.2, -0.15) is 0 Å². The standard InChI is InChI=1S/C19H31FN4/c1-15(2)22-10-12-23(13-11-22)17-6-8-24(9-7-17)19-5-4-16(21-3)14-18(19)20/h4-5,14-15,17,21H,6-13H2,1-3H3. The van der Waals surface area contributed by atoms with Crippen molar-refractivity contribution >= 4 is 11.4 Å². The molecule has 0 saturated carbocycles. The van der Waals surface area contributed by atoms with E-state index in [0.717, 1.165) is 37.3 Å². The number of piperazine rings is 1. The molecule has 2 saturated heterocycles. The topological polar surface area (TPSA) is 21.8 Å². The number of nitrogens with one attached hydrogen (secondary N) is 1. The third-order valence-corrected chi connectivity index (χ3v) is 5.64. The highest BCUT2D eigenvalue weighted by Gasteiger charge is 2.28. The average Bonchev–Trinajstić information content (AvgIpc) is 2.62. The molecular weight excluding hydrogens is 303 g/mol. The van der Waals surface area contributed by atoms with Gasteiger partial charge in [0.15, 0.2) is 0 Å². The molecule has 2 aliphatic heterocycles. The SMILES string of the molecule is CNc1ccc(N2CCC(N3CCN(C(C)C)CC3)CC2)c(F)c1. The number of halogens is 1. The summed E-state index contributed by atoms with van der Waals surface area (Å²) in [5.74, 6) is -0.120. The molecule has 0 spiro atoms. The van der Waals surface area contributed by atoms with Crippen LogP contribution < -0.4 is 10.2 Å². The van der Waals surface area contributed by atoms with Gasteiger partial charge in [-0.1, -0.05) is 0 Å². The van der Waals surface area contributed by atoms with Crippen LogP contribution in [0.4, 0.5) is 15.8 Å². The van der Waals surface area contributed by atoms with Crippen LogP contribution in [0.2, 0.25) is 0 Å². The summed E-state index contributed by atoms with van der Waals surface area (Å²) < 4.78 is 14.3. The van der Waals surface area contributed by atoms with Crippen molar-refractivity contribution < 1.29 is 4.39 Å². The van der Waals surface area contributed by atoms with E-state index in [1.54, 1.807) is 6.07 Å². The van der Waals surface area contributed by atoms with Gasteiger partial charge in [0.05, 0.1) is 5.69 Å². The molecule has 0 aliphatic carbocycles. The normalized spacial score (nSPS) is 21.5. The van der Waals surface area contributed by atoms with Crippen LogP contribution in [0, 0.1) is 5.82 Å². The molecule has 0 atom stereocenters. The summed E-state index contributed by atoms with van der Waals surface area (Å²) in [6, 6.07) is 6.76. The van der Waals surface area contributed by atoms with Crippen LogP contribution in [0.1, 0.15) is 26.7 Å². The highest BCUT2D eigenvalue weighted by atomic mass is 19.1. The Morgan fingerprint density at radius 1 is 1.04 bits per heavy atom. The van der Waals surface area contributed by atoms with Gasteiger partial charge in [0, 0.05) is 64.1 Å². The fourth-order valence-electron chi connectivity index (χ4n) is 4.01. The molecule has 3 rings (SSSR count). The number of hydrogen-bond acceptors (Lipinski definition) is 4. The first-order valence-corrected chi connectivity index (χ1v) is 9.29. The van der Waals surface area contributed by atoms with Crippen LogP contribution in [0.5, 0.6) is 0 Å². The van der Waals surface area contributed by atoms with Crippen molar-refractivity contribution in [2.45, 2.75) is 38.8 Å². The Morgan fingerprint density at radius 3 is 2.25 bits per heavy atom. The minimum absolute atomic E-state index is 0.120. The summed E-state index contributed by atoms with van der Waals surface area (Å²) in [6.45, 7) is 11.2. The molecule has 1 aromatic carbocycles. The lowest BCUT2D eigenvalue weighted by molar-refractivity contribution is 0.0692. The van der Waals surface area contributed by atoms with Crippen molar-refractivity contribution in [3.05, 3.63) is 24.0 Å². The number of anilines is 2. The van der Waals surface area contributed by atoms with Crippen LogP contribution in [0.15, 0.2) is 18.2 Å². The van der Waals surface area contributed by atoms with E-state index in [1.807, 2.05) is 19.2 Å². The van der Waals surface area contributed by atoms with E-state index >= 15 is 0 Å². The van der Waals surface area contributed by atoms with E-state index in [2.05, 4.69) is 33.9 Å². The van der Waals surface area contributed by atoms with Gasteiger partial charge < -0.3 is 10.2 Å². The quantitative estimate of drug-likeness (QED) is 0.914. The van der Waals surface area contributed by atoms with Crippen LogP contribution in [-0.4, -0.2) is 68.2 Å². The number of nitrogens with zero attached hydrogens (tertiary/aromatic N) is 3. The van der Waals surface area contributed by atoms with Gasteiger partial charge >= 0.3 is 0 Å². The number of rotatable bonds is 4. The maximum Gasteiger partial charge on any atom is 0.148 e. The van der Waals surface area contributed by atoms with Crippen molar-refractivity contribution in [1.29, 1.82) is 0 Å². The summed E-state index contributed by atoms with van der Waals surface area (Å²) in [5.41, 5.74) is 1.58. The lowest BCUT2D eigenvalue weighted by Gasteiger charge is -2.44. The Hall–Kier alpha value is -1.33. The Balaban J connectivity index is 1.53. The van der Waals surface area contributed by atoms with Gasteiger partial charge in [-0.05, 0) is 44.9 Å².